The molecule has 1 aromatic rings. The molecule has 100 valence electrons. The third-order valence-electron chi connectivity index (χ3n) is 2.77. The Labute approximate surface area is 113 Å². The molecule has 0 saturated heterocycles. The van der Waals surface area contributed by atoms with Crippen molar-refractivity contribution in [2.75, 3.05) is 17.0 Å². The Morgan fingerprint density at radius 1 is 1.39 bits per heavy atom. The summed E-state index contributed by atoms with van der Waals surface area (Å²) in [5, 5.41) is 3.59. The van der Waals surface area contributed by atoms with Crippen molar-refractivity contribution in [3.05, 3.63) is 28.8 Å². The standard InChI is InChI=1S/C12H17ClN2O2S/c1-9-2-5-11(13)12(8-9)15-18(16,17)7-6-14-10-3-4-10/h2,5,8,10,14-15H,3-4,6-7H2,1H3. The molecule has 1 aliphatic rings. The lowest BCUT2D eigenvalue weighted by atomic mass is 10.2. The van der Waals surface area contributed by atoms with Crippen molar-refractivity contribution in [3.8, 4) is 0 Å². The van der Waals surface area contributed by atoms with E-state index in [9.17, 15) is 8.42 Å². The van der Waals surface area contributed by atoms with Gasteiger partial charge in [0, 0.05) is 12.6 Å². The van der Waals surface area contributed by atoms with Crippen molar-refractivity contribution in [1.82, 2.24) is 5.32 Å². The van der Waals surface area contributed by atoms with Crippen LogP contribution >= 0.6 is 11.6 Å². The minimum atomic E-state index is -3.34. The number of halogens is 1. The molecule has 18 heavy (non-hydrogen) atoms. The maximum Gasteiger partial charge on any atom is 0.234 e. The van der Waals surface area contributed by atoms with Gasteiger partial charge in [-0.05, 0) is 37.5 Å². The first-order chi connectivity index (χ1) is 8.46. The molecule has 0 spiro atoms. The normalized spacial score (nSPS) is 15.7. The van der Waals surface area contributed by atoms with E-state index < -0.39 is 10.0 Å². The fourth-order valence-corrected chi connectivity index (χ4v) is 2.83. The average Bonchev–Trinajstić information content (AvgIpc) is 3.07. The summed E-state index contributed by atoms with van der Waals surface area (Å²) < 4.78 is 26.2. The van der Waals surface area contributed by atoms with Gasteiger partial charge in [-0.3, -0.25) is 4.72 Å². The quantitative estimate of drug-likeness (QED) is 0.843. The summed E-state index contributed by atoms with van der Waals surface area (Å²) in [4.78, 5) is 0. The van der Waals surface area contributed by atoms with E-state index in [0.29, 0.717) is 23.3 Å². The van der Waals surface area contributed by atoms with E-state index in [1.807, 2.05) is 13.0 Å². The Kier molecular flexibility index (Phi) is 4.14. The van der Waals surface area contributed by atoms with Crippen molar-refractivity contribution in [2.45, 2.75) is 25.8 Å². The third kappa shape index (κ3) is 4.15. The molecule has 0 heterocycles. The number of benzene rings is 1. The van der Waals surface area contributed by atoms with Crippen LogP contribution < -0.4 is 10.0 Å². The molecule has 0 atom stereocenters. The Bertz CT molecular complexity index is 527. The zero-order valence-electron chi connectivity index (χ0n) is 10.2. The molecule has 1 aromatic carbocycles. The van der Waals surface area contributed by atoms with Gasteiger partial charge in [-0.15, -0.1) is 0 Å². The number of anilines is 1. The number of rotatable bonds is 6. The van der Waals surface area contributed by atoms with Gasteiger partial charge in [-0.1, -0.05) is 17.7 Å². The van der Waals surface area contributed by atoms with E-state index >= 15 is 0 Å². The molecule has 2 N–H and O–H groups in total. The van der Waals surface area contributed by atoms with Crippen LogP contribution in [0.2, 0.25) is 5.02 Å². The van der Waals surface area contributed by atoms with Gasteiger partial charge in [0.05, 0.1) is 16.5 Å². The summed E-state index contributed by atoms with van der Waals surface area (Å²) in [5.41, 5.74) is 1.41. The van der Waals surface area contributed by atoms with Gasteiger partial charge in [-0.2, -0.15) is 0 Å². The lowest BCUT2D eigenvalue weighted by Gasteiger charge is -2.10. The Balaban J connectivity index is 1.95. The van der Waals surface area contributed by atoms with Gasteiger partial charge in [0.15, 0.2) is 0 Å². The fraction of sp³-hybridized carbons (Fsp3) is 0.500. The molecular formula is C12H17ClN2O2S. The van der Waals surface area contributed by atoms with Gasteiger partial charge >= 0.3 is 0 Å². The highest BCUT2D eigenvalue weighted by atomic mass is 35.5. The van der Waals surface area contributed by atoms with Crippen LogP contribution in [0.4, 0.5) is 5.69 Å². The highest BCUT2D eigenvalue weighted by molar-refractivity contribution is 7.92. The van der Waals surface area contributed by atoms with Crippen LogP contribution in [0.15, 0.2) is 18.2 Å². The average molecular weight is 289 g/mol. The van der Waals surface area contributed by atoms with Crippen molar-refractivity contribution < 1.29 is 8.42 Å². The van der Waals surface area contributed by atoms with Crippen LogP contribution in [0, 0.1) is 6.92 Å². The zero-order valence-corrected chi connectivity index (χ0v) is 11.8. The number of aryl methyl sites for hydroxylation is 1. The minimum absolute atomic E-state index is 0.0633. The Morgan fingerprint density at radius 3 is 2.78 bits per heavy atom. The predicted octanol–water partition coefficient (Wildman–Crippen LogP) is 2.14. The van der Waals surface area contributed by atoms with Crippen molar-refractivity contribution in [3.63, 3.8) is 0 Å². The first kappa shape index (κ1) is 13.6. The minimum Gasteiger partial charge on any atom is -0.313 e. The topological polar surface area (TPSA) is 58.2 Å². The smallest absolute Gasteiger partial charge is 0.234 e. The van der Waals surface area contributed by atoms with Crippen LogP contribution in [0.25, 0.3) is 0 Å². The van der Waals surface area contributed by atoms with Crippen molar-refractivity contribution in [2.24, 2.45) is 0 Å². The van der Waals surface area contributed by atoms with E-state index in [1.54, 1.807) is 12.1 Å². The molecule has 6 heteroatoms. The second-order valence-electron chi connectivity index (χ2n) is 4.63. The molecule has 0 unspecified atom stereocenters. The van der Waals surface area contributed by atoms with Crippen molar-refractivity contribution >= 4 is 27.3 Å². The van der Waals surface area contributed by atoms with Crippen LogP contribution in [0.1, 0.15) is 18.4 Å². The largest absolute Gasteiger partial charge is 0.313 e. The second kappa shape index (κ2) is 5.47. The summed E-state index contributed by atoms with van der Waals surface area (Å²) in [6.07, 6.45) is 2.30. The van der Waals surface area contributed by atoms with E-state index in [2.05, 4.69) is 10.0 Å². The maximum atomic E-state index is 11.9. The molecule has 2 rings (SSSR count). The Morgan fingerprint density at radius 2 is 2.11 bits per heavy atom. The molecule has 0 amide bonds. The van der Waals surface area contributed by atoms with E-state index in [1.165, 1.54) is 0 Å². The van der Waals surface area contributed by atoms with Crippen LogP contribution in [0.3, 0.4) is 0 Å². The predicted molar refractivity (Wildman–Crippen MR) is 74.6 cm³/mol. The van der Waals surface area contributed by atoms with Crippen LogP contribution in [-0.4, -0.2) is 26.8 Å². The van der Waals surface area contributed by atoms with Crippen LogP contribution in [-0.2, 0) is 10.0 Å². The monoisotopic (exact) mass is 288 g/mol. The van der Waals surface area contributed by atoms with Crippen molar-refractivity contribution in [1.29, 1.82) is 0 Å². The summed E-state index contributed by atoms with van der Waals surface area (Å²) in [6.45, 7) is 2.37. The van der Waals surface area contributed by atoms with Gasteiger partial charge < -0.3 is 5.32 Å². The summed E-state index contributed by atoms with van der Waals surface area (Å²) >= 11 is 5.95. The maximum absolute atomic E-state index is 11.9. The molecular weight excluding hydrogens is 272 g/mol. The molecule has 1 aliphatic carbocycles. The molecule has 1 saturated carbocycles. The van der Waals surface area contributed by atoms with E-state index in [4.69, 9.17) is 11.6 Å². The molecule has 4 nitrogen and oxygen atoms in total. The number of sulfonamides is 1. The number of hydrogen-bond acceptors (Lipinski definition) is 3. The van der Waals surface area contributed by atoms with Crippen LogP contribution in [0.5, 0.6) is 0 Å². The number of hydrogen-bond donors (Lipinski definition) is 2. The van der Waals surface area contributed by atoms with E-state index in [-0.39, 0.29) is 5.75 Å². The first-order valence-electron chi connectivity index (χ1n) is 5.96. The fourth-order valence-electron chi connectivity index (χ4n) is 1.62. The zero-order chi connectivity index (χ0) is 13.2. The van der Waals surface area contributed by atoms with Gasteiger partial charge in [0.25, 0.3) is 0 Å². The lowest BCUT2D eigenvalue weighted by Crippen LogP contribution is -2.28. The third-order valence-corrected chi connectivity index (χ3v) is 4.37. The Hall–Kier alpha value is -0.780. The van der Waals surface area contributed by atoms with E-state index in [0.717, 1.165) is 18.4 Å². The summed E-state index contributed by atoms with van der Waals surface area (Å²) in [5.74, 6) is 0.0633. The summed E-state index contributed by atoms with van der Waals surface area (Å²) in [7, 11) is -3.34. The first-order valence-corrected chi connectivity index (χ1v) is 7.99. The van der Waals surface area contributed by atoms with Gasteiger partial charge in [-0.25, -0.2) is 8.42 Å². The van der Waals surface area contributed by atoms with Gasteiger partial charge in [0.2, 0.25) is 10.0 Å². The molecule has 0 radical (unpaired) electrons. The molecule has 0 aromatic heterocycles. The lowest BCUT2D eigenvalue weighted by molar-refractivity contribution is 0.595. The highest BCUT2D eigenvalue weighted by Crippen LogP contribution is 2.24. The van der Waals surface area contributed by atoms with Gasteiger partial charge in [0.1, 0.15) is 0 Å². The second-order valence-corrected chi connectivity index (χ2v) is 6.88. The summed E-state index contributed by atoms with van der Waals surface area (Å²) in [6, 6.07) is 5.78. The number of nitrogens with one attached hydrogen (secondary N) is 2. The SMILES string of the molecule is Cc1ccc(Cl)c(NS(=O)(=O)CCNC2CC2)c1. The molecule has 1 fully saturated rings. The molecule has 0 bridgehead atoms. The highest BCUT2D eigenvalue weighted by Gasteiger charge is 2.21. The molecule has 0 aliphatic heterocycles.